The number of carbonyl (C=O) groups is 1. The Balaban J connectivity index is 1.73. The van der Waals surface area contributed by atoms with E-state index < -0.39 is 4.92 Å². The fourth-order valence-corrected chi connectivity index (χ4v) is 3.30. The van der Waals surface area contributed by atoms with Gasteiger partial charge in [-0.3, -0.25) is 14.9 Å². The van der Waals surface area contributed by atoms with Crippen LogP contribution in [-0.2, 0) is 11.3 Å². The third-order valence-electron chi connectivity index (χ3n) is 4.84. The van der Waals surface area contributed by atoms with Crippen LogP contribution in [0.15, 0.2) is 54.7 Å². The average molecular weight is 419 g/mol. The van der Waals surface area contributed by atoms with Gasteiger partial charge in [-0.25, -0.2) is 9.97 Å². The highest BCUT2D eigenvalue weighted by atomic mass is 16.6. The minimum atomic E-state index is -0.509. The summed E-state index contributed by atoms with van der Waals surface area (Å²) in [6.45, 7) is 1.50. The van der Waals surface area contributed by atoms with E-state index >= 15 is 0 Å². The molecule has 2 N–H and O–H groups in total. The number of fused-ring (bicyclic) bond motifs is 9. The molecule has 6 bridgehead atoms. The molecule has 2 aliphatic rings. The standard InChI is InChI=1S/C22H21N5O4/c28-21-16-6-7-18(20(13-16)27(29)30)19-8-10-24-22(26-19)25-17-5-3-4-15(12-17)14-31-11-2-1-9-23-21/h3-8,10,12-13H,1-2,9,11,14H2,(H,23,28)(H,24,25,26). The number of nitro groups is 1. The molecular weight excluding hydrogens is 398 g/mol. The van der Waals surface area contributed by atoms with Gasteiger partial charge >= 0.3 is 0 Å². The molecule has 0 radical (unpaired) electrons. The van der Waals surface area contributed by atoms with Crippen LogP contribution in [0.1, 0.15) is 28.8 Å². The maximum absolute atomic E-state index is 12.4. The van der Waals surface area contributed by atoms with Crippen LogP contribution in [0.2, 0.25) is 0 Å². The Morgan fingerprint density at radius 2 is 2.00 bits per heavy atom. The van der Waals surface area contributed by atoms with Crippen molar-refractivity contribution in [1.29, 1.82) is 0 Å². The number of carbonyl (C=O) groups excluding carboxylic acids is 1. The van der Waals surface area contributed by atoms with Crippen molar-refractivity contribution in [3.05, 3.63) is 76.0 Å². The number of amides is 1. The lowest BCUT2D eigenvalue weighted by atomic mass is 10.1. The van der Waals surface area contributed by atoms with Crippen LogP contribution in [0.4, 0.5) is 17.3 Å². The Morgan fingerprint density at radius 3 is 2.87 bits per heavy atom. The number of benzene rings is 2. The Kier molecular flexibility index (Phi) is 6.13. The van der Waals surface area contributed by atoms with Crippen LogP contribution in [-0.4, -0.2) is 34.0 Å². The summed E-state index contributed by atoms with van der Waals surface area (Å²) in [6, 6.07) is 13.7. The maximum Gasteiger partial charge on any atom is 0.279 e. The highest BCUT2D eigenvalue weighted by molar-refractivity contribution is 5.96. The second kappa shape index (κ2) is 9.31. The molecule has 0 atom stereocenters. The molecule has 1 aromatic heterocycles. The molecule has 0 unspecified atom stereocenters. The quantitative estimate of drug-likeness (QED) is 0.454. The van der Waals surface area contributed by atoms with Crippen LogP contribution in [0.3, 0.4) is 0 Å². The van der Waals surface area contributed by atoms with E-state index in [1.807, 2.05) is 24.3 Å². The molecule has 0 saturated carbocycles. The largest absolute Gasteiger partial charge is 0.377 e. The van der Waals surface area contributed by atoms with Gasteiger partial charge in [0.25, 0.3) is 11.6 Å². The molecule has 3 aromatic rings. The first-order valence-corrected chi connectivity index (χ1v) is 9.94. The number of aromatic nitrogens is 2. The maximum atomic E-state index is 12.4. The van der Waals surface area contributed by atoms with Crippen LogP contribution in [0.25, 0.3) is 11.3 Å². The molecule has 0 aliphatic carbocycles. The van der Waals surface area contributed by atoms with E-state index in [4.69, 9.17) is 4.74 Å². The number of nitrogens with one attached hydrogen (secondary N) is 2. The lowest BCUT2D eigenvalue weighted by molar-refractivity contribution is -0.384. The zero-order valence-corrected chi connectivity index (χ0v) is 16.7. The highest BCUT2D eigenvalue weighted by Crippen LogP contribution is 2.30. The van der Waals surface area contributed by atoms with E-state index in [-0.39, 0.29) is 17.2 Å². The van der Waals surface area contributed by atoms with Gasteiger partial charge in [0.2, 0.25) is 5.95 Å². The lowest BCUT2D eigenvalue weighted by Crippen LogP contribution is -2.24. The molecule has 3 heterocycles. The lowest BCUT2D eigenvalue weighted by Gasteiger charge is -2.09. The first-order chi connectivity index (χ1) is 15.1. The number of nitro benzene ring substituents is 1. The molecule has 158 valence electrons. The minimum absolute atomic E-state index is 0.189. The molecule has 1 amide bonds. The second-order valence-electron chi connectivity index (χ2n) is 7.10. The van der Waals surface area contributed by atoms with E-state index in [1.165, 1.54) is 12.3 Å². The van der Waals surface area contributed by atoms with Crippen LogP contribution in [0, 0.1) is 10.1 Å². The van der Waals surface area contributed by atoms with Crippen LogP contribution in [0.5, 0.6) is 0 Å². The van der Waals surface area contributed by atoms with E-state index in [0.29, 0.717) is 37.0 Å². The van der Waals surface area contributed by atoms with Gasteiger partial charge in [0, 0.05) is 36.7 Å². The number of anilines is 2. The summed E-state index contributed by atoms with van der Waals surface area (Å²) >= 11 is 0. The van der Waals surface area contributed by atoms with Gasteiger partial charge in [0.15, 0.2) is 0 Å². The summed E-state index contributed by atoms with van der Waals surface area (Å²) < 4.78 is 5.72. The van der Waals surface area contributed by atoms with Crippen molar-refractivity contribution < 1.29 is 14.5 Å². The molecule has 0 spiro atoms. The smallest absolute Gasteiger partial charge is 0.279 e. The predicted molar refractivity (Wildman–Crippen MR) is 115 cm³/mol. The molecule has 2 aliphatic heterocycles. The van der Waals surface area contributed by atoms with Crippen molar-refractivity contribution in [3.8, 4) is 11.3 Å². The van der Waals surface area contributed by atoms with E-state index in [9.17, 15) is 14.9 Å². The van der Waals surface area contributed by atoms with Gasteiger partial charge in [0.05, 0.1) is 22.8 Å². The summed E-state index contributed by atoms with van der Waals surface area (Å²) in [5.74, 6) is -0.0424. The molecular formula is C22H21N5O4. The molecule has 9 heteroatoms. The van der Waals surface area contributed by atoms with Gasteiger partial charge in [0.1, 0.15) is 0 Å². The Bertz CT molecular complexity index is 1120. The fourth-order valence-electron chi connectivity index (χ4n) is 3.30. The van der Waals surface area contributed by atoms with Gasteiger partial charge in [-0.2, -0.15) is 0 Å². The summed E-state index contributed by atoms with van der Waals surface area (Å²) in [5.41, 5.74) is 2.52. The molecule has 2 aromatic carbocycles. The van der Waals surface area contributed by atoms with Crippen molar-refractivity contribution in [2.45, 2.75) is 19.4 Å². The van der Waals surface area contributed by atoms with Crippen molar-refractivity contribution in [2.24, 2.45) is 0 Å². The third kappa shape index (κ3) is 5.01. The summed E-state index contributed by atoms with van der Waals surface area (Å²) in [6.07, 6.45) is 3.07. The molecule has 9 nitrogen and oxygen atoms in total. The van der Waals surface area contributed by atoms with Crippen molar-refractivity contribution >= 4 is 23.2 Å². The second-order valence-corrected chi connectivity index (χ2v) is 7.10. The van der Waals surface area contributed by atoms with Gasteiger partial charge in [-0.1, -0.05) is 12.1 Å². The Hall–Kier alpha value is -3.85. The van der Waals surface area contributed by atoms with Crippen LogP contribution >= 0.6 is 0 Å². The van der Waals surface area contributed by atoms with Crippen molar-refractivity contribution in [3.63, 3.8) is 0 Å². The zero-order chi connectivity index (χ0) is 21.6. The van der Waals surface area contributed by atoms with Gasteiger partial charge < -0.3 is 15.4 Å². The van der Waals surface area contributed by atoms with Crippen molar-refractivity contribution in [1.82, 2.24) is 15.3 Å². The monoisotopic (exact) mass is 419 g/mol. The zero-order valence-electron chi connectivity index (χ0n) is 16.7. The molecule has 0 saturated heterocycles. The number of hydrogen-bond donors (Lipinski definition) is 2. The number of ether oxygens (including phenoxy) is 1. The Morgan fingerprint density at radius 1 is 1.10 bits per heavy atom. The highest BCUT2D eigenvalue weighted by Gasteiger charge is 2.20. The summed E-state index contributed by atoms with van der Waals surface area (Å²) in [4.78, 5) is 32.3. The molecule has 5 rings (SSSR count). The minimum Gasteiger partial charge on any atom is -0.377 e. The fraction of sp³-hybridized carbons (Fsp3) is 0.227. The van der Waals surface area contributed by atoms with Gasteiger partial charge in [-0.05, 0) is 48.7 Å². The first kappa shape index (κ1) is 20.4. The number of hydrogen-bond acceptors (Lipinski definition) is 7. The molecule has 31 heavy (non-hydrogen) atoms. The third-order valence-corrected chi connectivity index (χ3v) is 4.84. The SMILES string of the molecule is O=C1NCCCCOCc2cccc(c2)Nc2nccc(n2)-c2ccc1cc2[N+](=O)[O-]. The summed E-state index contributed by atoms with van der Waals surface area (Å²) in [7, 11) is 0. The van der Waals surface area contributed by atoms with E-state index in [1.54, 1.807) is 18.2 Å². The number of nitrogens with zero attached hydrogens (tertiary/aromatic N) is 3. The Labute approximate surface area is 178 Å². The topological polar surface area (TPSA) is 119 Å². The van der Waals surface area contributed by atoms with E-state index in [2.05, 4.69) is 20.6 Å². The van der Waals surface area contributed by atoms with Gasteiger partial charge in [-0.15, -0.1) is 0 Å². The predicted octanol–water partition coefficient (Wildman–Crippen LogP) is 3.84. The van der Waals surface area contributed by atoms with E-state index in [0.717, 1.165) is 24.1 Å². The summed E-state index contributed by atoms with van der Waals surface area (Å²) in [5, 5.41) is 17.6. The first-order valence-electron chi connectivity index (χ1n) is 9.94. The van der Waals surface area contributed by atoms with Crippen LogP contribution < -0.4 is 10.6 Å². The normalized spacial score (nSPS) is 14.5. The number of rotatable bonds is 1. The average Bonchev–Trinajstić information content (AvgIpc) is 2.78. The molecule has 0 fully saturated rings. The van der Waals surface area contributed by atoms with Crippen molar-refractivity contribution in [2.75, 3.05) is 18.5 Å².